The van der Waals surface area contributed by atoms with Gasteiger partial charge in [-0.2, -0.15) is 0 Å². The third-order valence-corrected chi connectivity index (χ3v) is 5.79. The lowest BCUT2D eigenvalue weighted by atomic mass is 10.2. The van der Waals surface area contributed by atoms with Crippen molar-refractivity contribution in [1.29, 1.82) is 0 Å². The van der Waals surface area contributed by atoms with Crippen LogP contribution < -0.4 is 15.6 Å². The molecule has 0 atom stereocenters. The number of thioether (sulfide) groups is 1. The van der Waals surface area contributed by atoms with Crippen molar-refractivity contribution in [3.63, 3.8) is 0 Å². The molecule has 33 heavy (non-hydrogen) atoms. The Labute approximate surface area is 196 Å². The first kappa shape index (κ1) is 22.7. The van der Waals surface area contributed by atoms with Crippen molar-refractivity contribution in [3.05, 3.63) is 81.6 Å². The van der Waals surface area contributed by atoms with Crippen LogP contribution in [-0.2, 0) is 11.3 Å². The van der Waals surface area contributed by atoms with Gasteiger partial charge in [0.1, 0.15) is 11.6 Å². The zero-order valence-electron chi connectivity index (χ0n) is 17.3. The molecule has 0 fully saturated rings. The molecule has 1 amide bonds. The number of hydrogen-bond acceptors (Lipinski definition) is 7. The Bertz CT molecular complexity index is 1380. The van der Waals surface area contributed by atoms with Gasteiger partial charge in [0, 0.05) is 17.4 Å². The van der Waals surface area contributed by atoms with Crippen LogP contribution in [0.4, 0.5) is 10.1 Å². The number of carbonyl (C=O) groups excluding carboxylic acids is 1. The van der Waals surface area contributed by atoms with E-state index in [1.165, 1.54) is 36.2 Å². The lowest BCUT2D eigenvalue weighted by Gasteiger charge is -2.13. The average molecular weight is 486 g/mol. The molecule has 0 aliphatic rings. The number of fused-ring (bicyclic) bond motifs is 1. The Kier molecular flexibility index (Phi) is 6.85. The summed E-state index contributed by atoms with van der Waals surface area (Å²) in [5.74, 6) is -0.305. The maximum Gasteiger partial charge on any atom is 0.282 e. The van der Waals surface area contributed by atoms with Crippen molar-refractivity contribution in [1.82, 2.24) is 19.5 Å². The van der Waals surface area contributed by atoms with Gasteiger partial charge in [0.05, 0.1) is 25.1 Å². The second-order valence-corrected chi connectivity index (χ2v) is 8.20. The van der Waals surface area contributed by atoms with Crippen LogP contribution in [0, 0.1) is 5.82 Å². The zero-order valence-corrected chi connectivity index (χ0v) is 18.9. The van der Waals surface area contributed by atoms with E-state index in [2.05, 4.69) is 20.3 Å². The third kappa shape index (κ3) is 5.29. The van der Waals surface area contributed by atoms with E-state index in [9.17, 15) is 14.0 Å². The fourth-order valence-electron chi connectivity index (χ4n) is 3.05. The highest BCUT2D eigenvalue weighted by Crippen LogP contribution is 2.28. The van der Waals surface area contributed by atoms with Crippen molar-refractivity contribution < 1.29 is 13.9 Å². The van der Waals surface area contributed by atoms with Gasteiger partial charge in [-0.1, -0.05) is 35.5 Å². The summed E-state index contributed by atoms with van der Waals surface area (Å²) in [5.41, 5.74) is 1.00. The molecule has 0 saturated heterocycles. The third-order valence-electron chi connectivity index (χ3n) is 4.58. The smallest absolute Gasteiger partial charge is 0.282 e. The molecule has 0 spiro atoms. The molecule has 0 radical (unpaired) electrons. The highest BCUT2D eigenvalue weighted by molar-refractivity contribution is 7.99. The second kappa shape index (κ2) is 9.97. The summed E-state index contributed by atoms with van der Waals surface area (Å²) in [6.45, 7) is 0.130. The fraction of sp³-hybridized carbons (Fsp3) is 0.136. The molecule has 0 unspecified atom stereocenters. The van der Waals surface area contributed by atoms with Gasteiger partial charge in [0.25, 0.3) is 5.56 Å². The van der Waals surface area contributed by atoms with Crippen LogP contribution in [0.1, 0.15) is 5.56 Å². The number of ether oxygens (including phenoxy) is 1. The van der Waals surface area contributed by atoms with Gasteiger partial charge in [0.15, 0.2) is 16.3 Å². The van der Waals surface area contributed by atoms with Crippen molar-refractivity contribution in [2.24, 2.45) is 0 Å². The number of methoxy groups -OCH3 is 1. The van der Waals surface area contributed by atoms with E-state index < -0.39 is 5.56 Å². The van der Waals surface area contributed by atoms with Crippen LogP contribution in [0.3, 0.4) is 0 Å². The van der Waals surface area contributed by atoms with Gasteiger partial charge >= 0.3 is 0 Å². The molecule has 2 aromatic carbocycles. The first-order valence-electron chi connectivity index (χ1n) is 9.67. The molecule has 168 valence electrons. The predicted molar refractivity (Wildman–Crippen MR) is 124 cm³/mol. The molecule has 0 aliphatic heterocycles. The van der Waals surface area contributed by atoms with Crippen molar-refractivity contribution in [2.75, 3.05) is 18.2 Å². The molecule has 8 nitrogen and oxygen atoms in total. The van der Waals surface area contributed by atoms with E-state index in [-0.39, 0.29) is 40.3 Å². The summed E-state index contributed by atoms with van der Waals surface area (Å²) in [5, 5.41) is 3.47. The topological polar surface area (TPSA) is 99.0 Å². The van der Waals surface area contributed by atoms with Crippen LogP contribution in [0.5, 0.6) is 5.75 Å². The Hall–Kier alpha value is -3.50. The maximum absolute atomic E-state index is 13.3. The van der Waals surface area contributed by atoms with Gasteiger partial charge < -0.3 is 10.1 Å². The van der Waals surface area contributed by atoms with E-state index in [4.69, 9.17) is 16.3 Å². The normalized spacial score (nSPS) is 10.9. The van der Waals surface area contributed by atoms with Crippen LogP contribution in [0.25, 0.3) is 11.2 Å². The van der Waals surface area contributed by atoms with Crippen LogP contribution in [0.15, 0.2) is 64.8 Å². The van der Waals surface area contributed by atoms with Gasteiger partial charge in [-0.05, 0) is 35.9 Å². The minimum absolute atomic E-state index is 0.0444. The second-order valence-electron chi connectivity index (χ2n) is 6.82. The van der Waals surface area contributed by atoms with Crippen LogP contribution >= 0.6 is 23.4 Å². The Balaban J connectivity index is 1.61. The van der Waals surface area contributed by atoms with Gasteiger partial charge in [-0.3, -0.25) is 14.2 Å². The number of carbonyl (C=O) groups is 1. The van der Waals surface area contributed by atoms with E-state index in [0.717, 1.165) is 11.8 Å². The summed E-state index contributed by atoms with van der Waals surface area (Å²) in [6.07, 6.45) is 2.85. The molecule has 4 aromatic rings. The van der Waals surface area contributed by atoms with E-state index in [1.54, 1.807) is 30.3 Å². The first-order valence-corrected chi connectivity index (χ1v) is 11.0. The number of halogens is 2. The number of nitrogens with one attached hydrogen (secondary N) is 1. The number of hydrogen-bond donors (Lipinski definition) is 1. The van der Waals surface area contributed by atoms with Crippen molar-refractivity contribution >= 4 is 46.1 Å². The number of aromatic nitrogens is 4. The van der Waals surface area contributed by atoms with Crippen molar-refractivity contribution in [2.45, 2.75) is 11.7 Å². The SMILES string of the molecule is COc1ccc(Cl)cc1NC(=O)CSc1nc2nccnc2c(=O)n1Cc1ccc(F)cc1. The zero-order chi connectivity index (χ0) is 23.4. The molecule has 2 heterocycles. The predicted octanol–water partition coefficient (Wildman–Crippen LogP) is 3.77. The van der Waals surface area contributed by atoms with Crippen molar-refractivity contribution in [3.8, 4) is 5.75 Å². The highest BCUT2D eigenvalue weighted by Gasteiger charge is 2.16. The summed E-state index contributed by atoms with van der Waals surface area (Å²) in [7, 11) is 1.49. The van der Waals surface area contributed by atoms with E-state index >= 15 is 0 Å². The first-order chi connectivity index (χ1) is 15.9. The minimum atomic E-state index is -0.406. The summed E-state index contributed by atoms with van der Waals surface area (Å²) >= 11 is 7.08. The quantitative estimate of drug-likeness (QED) is 0.314. The Morgan fingerprint density at radius 2 is 1.94 bits per heavy atom. The fourth-order valence-corrected chi connectivity index (χ4v) is 4.00. The standard InChI is InChI=1S/C22H17ClFN5O3S/c1-32-17-7-4-14(23)10-16(17)27-18(30)12-33-22-28-20-19(25-8-9-26-20)21(31)29(22)11-13-2-5-15(24)6-3-13/h2-10H,11-12H2,1H3,(H,27,30). The number of amides is 1. The van der Waals surface area contributed by atoms with E-state index in [0.29, 0.717) is 22.0 Å². The number of benzene rings is 2. The minimum Gasteiger partial charge on any atom is -0.495 e. The maximum atomic E-state index is 13.3. The summed E-state index contributed by atoms with van der Waals surface area (Å²) in [4.78, 5) is 38.3. The molecule has 0 bridgehead atoms. The molecular formula is C22H17ClFN5O3S. The molecule has 1 N–H and O–H groups in total. The van der Waals surface area contributed by atoms with Gasteiger partial charge in [0.2, 0.25) is 5.91 Å². The largest absolute Gasteiger partial charge is 0.495 e. The Morgan fingerprint density at radius 3 is 2.70 bits per heavy atom. The van der Waals surface area contributed by atoms with Gasteiger partial charge in [-0.25, -0.2) is 19.3 Å². The molecule has 0 saturated carbocycles. The lowest BCUT2D eigenvalue weighted by Crippen LogP contribution is -2.26. The molecule has 0 aliphatic carbocycles. The molecule has 2 aromatic heterocycles. The van der Waals surface area contributed by atoms with Gasteiger partial charge in [-0.15, -0.1) is 0 Å². The van der Waals surface area contributed by atoms with E-state index in [1.807, 2.05) is 0 Å². The lowest BCUT2D eigenvalue weighted by molar-refractivity contribution is -0.113. The average Bonchev–Trinajstić information content (AvgIpc) is 2.81. The Morgan fingerprint density at radius 1 is 1.18 bits per heavy atom. The summed E-state index contributed by atoms with van der Waals surface area (Å²) in [6, 6.07) is 10.7. The number of nitrogens with zero attached hydrogens (tertiary/aromatic N) is 4. The molecule has 4 rings (SSSR count). The molecule has 11 heteroatoms. The summed E-state index contributed by atoms with van der Waals surface area (Å²) < 4.78 is 19.9. The van der Waals surface area contributed by atoms with Crippen LogP contribution in [-0.4, -0.2) is 38.3 Å². The molecular weight excluding hydrogens is 469 g/mol. The monoisotopic (exact) mass is 485 g/mol. The highest BCUT2D eigenvalue weighted by atomic mass is 35.5. The number of rotatable bonds is 7. The number of anilines is 1. The van der Waals surface area contributed by atoms with Crippen LogP contribution in [0.2, 0.25) is 5.02 Å².